The van der Waals surface area contributed by atoms with Gasteiger partial charge in [0.05, 0.1) is 12.0 Å². The summed E-state index contributed by atoms with van der Waals surface area (Å²) in [6.07, 6.45) is 4.32. The lowest BCUT2D eigenvalue weighted by molar-refractivity contribution is -0.139. The van der Waals surface area contributed by atoms with Gasteiger partial charge in [0.15, 0.2) is 0 Å². The predicted octanol–water partition coefficient (Wildman–Crippen LogP) is 2.20. The van der Waals surface area contributed by atoms with E-state index in [9.17, 15) is 9.59 Å². The number of hydrogen-bond acceptors (Lipinski definition) is 2. The van der Waals surface area contributed by atoms with Gasteiger partial charge in [-0.25, -0.2) is 0 Å². The van der Waals surface area contributed by atoms with Crippen LogP contribution < -0.4 is 5.32 Å². The molecule has 0 unspecified atom stereocenters. The second-order valence-corrected chi connectivity index (χ2v) is 5.55. The maximum absolute atomic E-state index is 12.3. The van der Waals surface area contributed by atoms with Crippen LogP contribution in [0.4, 0.5) is 0 Å². The van der Waals surface area contributed by atoms with Crippen LogP contribution in [-0.4, -0.2) is 27.1 Å². The minimum atomic E-state index is -0.862. The molecule has 0 aliphatic heterocycles. The van der Waals surface area contributed by atoms with Gasteiger partial charge in [0, 0.05) is 12.2 Å². The molecule has 19 heavy (non-hydrogen) atoms. The lowest BCUT2D eigenvalue weighted by Gasteiger charge is -2.41. The van der Waals surface area contributed by atoms with Crippen molar-refractivity contribution in [1.82, 2.24) is 9.88 Å². The van der Waals surface area contributed by atoms with Crippen molar-refractivity contribution in [3.63, 3.8) is 0 Å². The van der Waals surface area contributed by atoms with E-state index in [0.717, 1.165) is 19.3 Å². The summed E-state index contributed by atoms with van der Waals surface area (Å²) < 4.78 is 1.89. The van der Waals surface area contributed by atoms with Crippen molar-refractivity contribution in [2.75, 3.05) is 0 Å². The first kappa shape index (κ1) is 13.6. The number of hydrogen-bond donors (Lipinski definition) is 2. The highest BCUT2D eigenvalue weighted by molar-refractivity contribution is 5.93. The van der Waals surface area contributed by atoms with Gasteiger partial charge in [-0.1, -0.05) is 0 Å². The Bertz CT molecular complexity index is 487. The molecule has 1 saturated carbocycles. The monoisotopic (exact) mass is 264 g/mol. The normalized spacial score (nSPS) is 17.0. The molecule has 0 saturated heterocycles. The number of aromatic nitrogens is 1. The molecule has 5 heteroatoms. The first-order chi connectivity index (χ1) is 8.93. The second-order valence-electron chi connectivity index (χ2n) is 5.55. The van der Waals surface area contributed by atoms with E-state index in [2.05, 4.69) is 5.32 Å². The number of aliphatic carboxylic acids is 1. The minimum Gasteiger partial charge on any atom is -0.481 e. The minimum absolute atomic E-state index is 0.00112. The maximum atomic E-state index is 12.3. The summed E-state index contributed by atoms with van der Waals surface area (Å²) in [5.41, 5.74) is 0.0429. The summed E-state index contributed by atoms with van der Waals surface area (Å²) >= 11 is 0. The van der Waals surface area contributed by atoms with Crippen molar-refractivity contribution < 1.29 is 14.7 Å². The largest absolute Gasteiger partial charge is 0.481 e. The van der Waals surface area contributed by atoms with Crippen LogP contribution in [-0.2, 0) is 4.79 Å². The molecule has 0 atom stereocenters. The van der Waals surface area contributed by atoms with Crippen LogP contribution in [0, 0.1) is 0 Å². The van der Waals surface area contributed by atoms with E-state index in [4.69, 9.17) is 5.11 Å². The number of carboxylic acids is 1. The Hall–Kier alpha value is -1.78. The summed E-state index contributed by atoms with van der Waals surface area (Å²) in [6.45, 7) is 4.01. The van der Waals surface area contributed by atoms with Crippen molar-refractivity contribution in [1.29, 1.82) is 0 Å². The number of carbonyl (C=O) groups is 2. The Balaban J connectivity index is 2.12. The van der Waals surface area contributed by atoms with Gasteiger partial charge in [0.1, 0.15) is 5.69 Å². The first-order valence-electron chi connectivity index (χ1n) is 6.65. The number of nitrogens with zero attached hydrogens (tertiary/aromatic N) is 1. The molecule has 0 bridgehead atoms. The van der Waals surface area contributed by atoms with E-state index >= 15 is 0 Å². The molecular formula is C14H20N2O3. The Morgan fingerprint density at radius 3 is 2.63 bits per heavy atom. The number of carboxylic acid groups (broad SMARTS) is 1. The van der Waals surface area contributed by atoms with Gasteiger partial charge in [-0.15, -0.1) is 0 Å². The maximum Gasteiger partial charge on any atom is 0.305 e. The number of nitrogens with one attached hydrogen (secondary N) is 1. The zero-order valence-electron chi connectivity index (χ0n) is 11.3. The highest BCUT2D eigenvalue weighted by Gasteiger charge is 2.40. The molecule has 1 fully saturated rings. The Morgan fingerprint density at radius 1 is 1.47 bits per heavy atom. The van der Waals surface area contributed by atoms with Crippen molar-refractivity contribution in [3.8, 4) is 0 Å². The van der Waals surface area contributed by atoms with Crippen molar-refractivity contribution in [2.24, 2.45) is 0 Å². The molecule has 1 aromatic rings. The fourth-order valence-electron chi connectivity index (χ4n) is 2.58. The smallest absolute Gasteiger partial charge is 0.305 e. The van der Waals surface area contributed by atoms with E-state index in [-0.39, 0.29) is 18.4 Å². The van der Waals surface area contributed by atoms with Gasteiger partial charge < -0.3 is 15.0 Å². The van der Waals surface area contributed by atoms with E-state index in [1.165, 1.54) is 0 Å². The molecule has 0 radical (unpaired) electrons. The molecule has 5 nitrogen and oxygen atoms in total. The quantitative estimate of drug-likeness (QED) is 0.856. The third-order valence-electron chi connectivity index (χ3n) is 3.75. The van der Waals surface area contributed by atoms with Crippen LogP contribution in [0.3, 0.4) is 0 Å². The van der Waals surface area contributed by atoms with Crippen LogP contribution in [0.5, 0.6) is 0 Å². The van der Waals surface area contributed by atoms with Gasteiger partial charge in [-0.05, 0) is 45.2 Å². The second kappa shape index (κ2) is 5.07. The number of rotatable bonds is 5. The van der Waals surface area contributed by atoms with Crippen LogP contribution in [0.2, 0.25) is 0 Å². The molecule has 1 heterocycles. The van der Waals surface area contributed by atoms with Crippen LogP contribution in [0.15, 0.2) is 18.3 Å². The summed E-state index contributed by atoms with van der Waals surface area (Å²) in [4.78, 5) is 23.2. The number of amides is 1. The van der Waals surface area contributed by atoms with Crippen LogP contribution in [0.25, 0.3) is 0 Å². The third kappa shape index (κ3) is 2.80. The lowest BCUT2D eigenvalue weighted by Crippen LogP contribution is -2.55. The van der Waals surface area contributed by atoms with E-state index in [1.54, 1.807) is 6.07 Å². The summed E-state index contributed by atoms with van der Waals surface area (Å²) in [6, 6.07) is 3.80. The molecule has 1 aromatic heterocycles. The highest BCUT2D eigenvalue weighted by Crippen LogP contribution is 2.35. The summed E-state index contributed by atoms with van der Waals surface area (Å²) in [5.74, 6) is -1.04. The fraction of sp³-hybridized carbons (Fsp3) is 0.571. The van der Waals surface area contributed by atoms with Gasteiger partial charge >= 0.3 is 5.97 Å². The van der Waals surface area contributed by atoms with Gasteiger partial charge in [0.2, 0.25) is 0 Å². The Labute approximate surface area is 112 Å². The van der Waals surface area contributed by atoms with E-state index < -0.39 is 11.5 Å². The fourth-order valence-corrected chi connectivity index (χ4v) is 2.58. The predicted molar refractivity (Wildman–Crippen MR) is 71.1 cm³/mol. The molecule has 1 aliphatic rings. The van der Waals surface area contributed by atoms with E-state index in [0.29, 0.717) is 5.69 Å². The zero-order valence-corrected chi connectivity index (χ0v) is 11.3. The zero-order chi connectivity index (χ0) is 14.0. The molecule has 2 rings (SSSR count). The van der Waals surface area contributed by atoms with Crippen LogP contribution >= 0.6 is 0 Å². The summed E-state index contributed by atoms with van der Waals surface area (Å²) in [7, 11) is 0. The topological polar surface area (TPSA) is 71.3 Å². The lowest BCUT2D eigenvalue weighted by atomic mass is 9.74. The van der Waals surface area contributed by atoms with Crippen molar-refractivity contribution in [2.45, 2.75) is 51.1 Å². The summed E-state index contributed by atoms with van der Waals surface area (Å²) in [5, 5.41) is 11.9. The molecule has 0 spiro atoms. The van der Waals surface area contributed by atoms with Gasteiger partial charge in [-0.3, -0.25) is 9.59 Å². The first-order valence-corrected chi connectivity index (χ1v) is 6.65. The average molecular weight is 264 g/mol. The number of carbonyl (C=O) groups excluding carboxylic acids is 1. The van der Waals surface area contributed by atoms with Crippen molar-refractivity contribution >= 4 is 11.9 Å². The molecule has 0 aromatic carbocycles. The van der Waals surface area contributed by atoms with Gasteiger partial charge in [0.25, 0.3) is 5.91 Å². The molecule has 2 N–H and O–H groups in total. The van der Waals surface area contributed by atoms with E-state index in [1.807, 2.05) is 30.7 Å². The van der Waals surface area contributed by atoms with Crippen molar-refractivity contribution in [3.05, 3.63) is 24.0 Å². The molecule has 104 valence electrons. The third-order valence-corrected chi connectivity index (χ3v) is 3.75. The Kier molecular flexibility index (Phi) is 3.64. The van der Waals surface area contributed by atoms with Crippen LogP contribution in [0.1, 0.15) is 56.1 Å². The Morgan fingerprint density at radius 2 is 2.16 bits per heavy atom. The molecule has 1 amide bonds. The highest BCUT2D eigenvalue weighted by atomic mass is 16.4. The molecular weight excluding hydrogens is 244 g/mol. The molecule has 1 aliphatic carbocycles. The standard InChI is InChI=1S/C14H20N2O3/c1-10(2)16-8-3-5-11(16)13(19)15-14(6-4-7-14)9-12(17)18/h3,5,8,10H,4,6-7,9H2,1-2H3,(H,15,19)(H,17,18). The average Bonchev–Trinajstić information content (AvgIpc) is 2.74. The SMILES string of the molecule is CC(C)n1cccc1C(=O)NC1(CC(=O)O)CCC1. The van der Waals surface area contributed by atoms with Gasteiger partial charge in [-0.2, -0.15) is 0 Å².